The molecule has 88 heavy (non-hydrogen) atoms. The van der Waals surface area contributed by atoms with Crippen molar-refractivity contribution >= 4 is 82.7 Å². The van der Waals surface area contributed by atoms with E-state index in [0.717, 1.165) is 0 Å². The Kier molecular flexibility index (Phi) is 31.1. The number of nitrogens with zero attached hydrogens (tertiary/aromatic N) is 3. The van der Waals surface area contributed by atoms with Gasteiger partial charge in [-0.1, -0.05) is 74.5 Å². The van der Waals surface area contributed by atoms with Crippen molar-refractivity contribution < 1.29 is 57.8 Å². The van der Waals surface area contributed by atoms with Gasteiger partial charge in [0.05, 0.1) is 19.2 Å². The number of primary amides is 1. The molecule has 0 unspecified atom stereocenters. The number of nitrogens with one attached hydrogen (secondary N) is 8. The zero-order valence-corrected chi connectivity index (χ0v) is 51.7. The number of rotatable bonds is 37. The molecular formula is C59H92N16O12S. The van der Waals surface area contributed by atoms with Crippen LogP contribution in [0, 0.1) is 5.92 Å². The maximum Gasteiger partial charge on any atom is 0.245 e. The minimum atomic E-state index is -1.67. The molecule has 29 heteroatoms. The van der Waals surface area contributed by atoms with Crippen LogP contribution in [0.4, 0.5) is 0 Å². The zero-order valence-electron chi connectivity index (χ0n) is 50.8. The van der Waals surface area contributed by atoms with Crippen molar-refractivity contribution in [2.45, 2.75) is 165 Å². The van der Waals surface area contributed by atoms with E-state index in [1.165, 1.54) is 28.5 Å². The summed E-state index contributed by atoms with van der Waals surface area (Å²) < 4.78 is 0. The van der Waals surface area contributed by atoms with Gasteiger partial charge in [-0.15, -0.1) is 0 Å². The van der Waals surface area contributed by atoms with E-state index in [1.807, 2.05) is 20.1 Å². The molecule has 19 N–H and O–H groups in total. The van der Waals surface area contributed by atoms with Crippen molar-refractivity contribution in [3.63, 3.8) is 0 Å². The number of carbonyl (C=O) groups is 11. The highest BCUT2D eigenvalue weighted by Crippen LogP contribution is 2.23. The number of unbranched alkanes of at least 4 members (excludes halogenated alkanes) is 1. The van der Waals surface area contributed by atoms with Gasteiger partial charge in [-0.2, -0.15) is 11.8 Å². The van der Waals surface area contributed by atoms with Crippen molar-refractivity contribution in [3.8, 4) is 0 Å². The molecule has 0 aromatic heterocycles. The number of likely N-dealkylation sites (tertiary alicyclic amines) is 2. The number of hydrogen-bond acceptors (Lipinski definition) is 16. The standard InChI is InChI=1S/C59H92N16O12S/c1-35(2)30-42(52(81)69-40(49(62)78)24-29-88-4)68-48(77)33-66-51(80)43(31-37-16-7-5-8-17-37)71-53(82)44(32-38-18-9-6-10-19-38)72-54(83)45(34-76)73-50(79)36(3)67-55(84)46-22-15-28-75(46)58(87)41(21-11-12-25-60)70-56(85)47-23-14-27-74(47)57(86)39(61)20-13-26-65-59(63)64/h5-10,16-19,35-36,39-47,76H,11-15,20-34,60-61H2,1-4H3,(H2,62,78)(H,66,80)(H,67,84)(H,68,77)(H,69,81)(H,70,85)(H,71,82)(H,72,83)(H,73,79)(H4,63,64,65)/t36-,39-,40-,41-,42-,43-,44-,45-,46-,47-/m0/s1. The second kappa shape index (κ2) is 37.7. The minimum absolute atomic E-state index is 0.0707. The topological polar surface area (TPSA) is 453 Å². The van der Waals surface area contributed by atoms with E-state index >= 15 is 0 Å². The average Bonchev–Trinajstić information content (AvgIpc) is 2.89. The number of benzene rings is 2. The number of aliphatic hydroxyl groups is 1. The molecule has 0 saturated carbocycles. The summed E-state index contributed by atoms with van der Waals surface area (Å²) in [6.07, 6.45) is 5.51. The Hall–Kier alpha value is -7.89. The van der Waals surface area contributed by atoms with Crippen LogP contribution < -0.4 is 71.2 Å². The highest BCUT2D eigenvalue weighted by molar-refractivity contribution is 7.98. The van der Waals surface area contributed by atoms with Gasteiger partial charge in [0.1, 0.15) is 54.4 Å². The van der Waals surface area contributed by atoms with E-state index in [4.69, 9.17) is 28.7 Å². The summed E-state index contributed by atoms with van der Waals surface area (Å²) >= 11 is 1.47. The molecule has 2 heterocycles. The molecule has 2 aliphatic rings. The summed E-state index contributed by atoms with van der Waals surface area (Å²) in [5.41, 5.74) is 29.5. The second-order valence-corrected chi connectivity index (χ2v) is 23.5. The third kappa shape index (κ3) is 24.0. The summed E-state index contributed by atoms with van der Waals surface area (Å²) in [5, 5.41) is 31.4. The Labute approximate surface area is 518 Å². The lowest BCUT2D eigenvalue weighted by Crippen LogP contribution is -2.60. The van der Waals surface area contributed by atoms with Gasteiger partial charge < -0.3 is 86.1 Å². The molecule has 2 aliphatic heterocycles. The van der Waals surface area contributed by atoms with E-state index in [-0.39, 0.29) is 76.5 Å². The van der Waals surface area contributed by atoms with Gasteiger partial charge in [0.25, 0.3) is 0 Å². The molecule has 4 rings (SSSR count). The Morgan fingerprint density at radius 3 is 1.66 bits per heavy atom. The summed E-state index contributed by atoms with van der Waals surface area (Å²) in [5.74, 6) is -7.46. The number of thioether (sulfide) groups is 1. The Morgan fingerprint density at radius 1 is 0.602 bits per heavy atom. The lowest BCUT2D eigenvalue weighted by Gasteiger charge is -2.31. The Bertz CT molecular complexity index is 2690. The third-order valence-corrected chi connectivity index (χ3v) is 15.6. The van der Waals surface area contributed by atoms with Gasteiger partial charge in [0.15, 0.2) is 5.96 Å². The molecule has 2 fully saturated rings. The van der Waals surface area contributed by atoms with Gasteiger partial charge in [0, 0.05) is 32.5 Å². The smallest absolute Gasteiger partial charge is 0.245 e. The number of guanidine groups is 1. The van der Waals surface area contributed by atoms with Gasteiger partial charge in [-0.3, -0.25) is 57.7 Å². The number of aliphatic hydroxyl groups excluding tert-OH is 1. The van der Waals surface area contributed by atoms with E-state index < -0.39 is 139 Å². The van der Waals surface area contributed by atoms with Crippen LogP contribution in [0.1, 0.15) is 103 Å². The van der Waals surface area contributed by atoms with Crippen molar-refractivity contribution in [1.29, 1.82) is 0 Å². The highest BCUT2D eigenvalue weighted by Gasteiger charge is 2.42. The summed E-state index contributed by atoms with van der Waals surface area (Å²) in [4.78, 5) is 157. The molecule has 486 valence electrons. The Morgan fingerprint density at radius 2 is 1.12 bits per heavy atom. The molecule has 0 spiro atoms. The van der Waals surface area contributed by atoms with E-state index in [0.29, 0.717) is 61.9 Å². The van der Waals surface area contributed by atoms with Crippen LogP contribution in [-0.4, -0.2) is 198 Å². The van der Waals surface area contributed by atoms with Crippen LogP contribution in [0.5, 0.6) is 0 Å². The zero-order chi connectivity index (χ0) is 64.9. The molecule has 11 amide bonds. The number of nitrogens with two attached hydrogens (primary N) is 5. The summed E-state index contributed by atoms with van der Waals surface area (Å²) in [6.45, 7) is 4.50. The van der Waals surface area contributed by atoms with Gasteiger partial charge in [0.2, 0.25) is 65.0 Å². The highest BCUT2D eigenvalue weighted by atomic mass is 32.2. The summed E-state index contributed by atoms with van der Waals surface area (Å²) in [7, 11) is 0. The largest absolute Gasteiger partial charge is 0.394 e. The summed E-state index contributed by atoms with van der Waals surface area (Å²) in [6, 6.07) is 5.46. The van der Waals surface area contributed by atoms with Crippen LogP contribution in [0.25, 0.3) is 0 Å². The normalized spacial score (nSPS) is 17.3. The average molecular weight is 1250 g/mol. The fourth-order valence-electron chi connectivity index (χ4n) is 10.2. The molecule has 28 nitrogen and oxygen atoms in total. The fraction of sp³-hybridized carbons (Fsp3) is 0.593. The molecule has 0 aliphatic carbocycles. The van der Waals surface area contributed by atoms with E-state index in [2.05, 4.69) is 47.5 Å². The number of amides is 11. The fourth-order valence-corrected chi connectivity index (χ4v) is 10.7. The van der Waals surface area contributed by atoms with E-state index in [1.54, 1.807) is 60.7 Å². The Balaban J connectivity index is 1.44. The van der Waals surface area contributed by atoms with Crippen LogP contribution in [0.15, 0.2) is 65.7 Å². The molecule has 0 bridgehead atoms. The number of hydrogen-bond donors (Lipinski definition) is 14. The first kappa shape index (κ1) is 72.6. The molecule has 0 radical (unpaired) electrons. The first-order valence-electron chi connectivity index (χ1n) is 30.0. The van der Waals surface area contributed by atoms with Gasteiger partial charge in [-0.05, 0) is 113 Å². The maximum absolute atomic E-state index is 14.4. The SMILES string of the molecule is CSCC[C@H](NC(=O)[C@H](CC(C)C)NC(=O)CNC(=O)[C@H](Cc1ccccc1)NC(=O)[C@H](Cc1ccccc1)NC(=O)[C@H](CO)NC(=O)[C@H](C)NC(=O)[C@@H]1CCCN1C(=O)[C@H](CCCCN)NC(=O)[C@@H]1CCCN1C(=O)[C@@H](N)CCCN=C(N)N)C(N)=O. The lowest BCUT2D eigenvalue weighted by molar-refractivity contribution is -0.144. The van der Waals surface area contributed by atoms with Crippen molar-refractivity contribution in [2.24, 2.45) is 39.6 Å². The maximum atomic E-state index is 14.4. The predicted molar refractivity (Wildman–Crippen MR) is 331 cm³/mol. The predicted octanol–water partition coefficient (Wildman–Crippen LogP) is -3.23. The quantitative estimate of drug-likeness (QED) is 0.0180. The molecular weight excluding hydrogens is 1160 g/mol. The molecule has 10 atom stereocenters. The molecule has 2 aromatic carbocycles. The van der Waals surface area contributed by atoms with Gasteiger partial charge >= 0.3 is 0 Å². The number of aliphatic imine (C=N–C) groups is 1. The van der Waals surface area contributed by atoms with Crippen molar-refractivity contribution in [1.82, 2.24) is 52.3 Å². The van der Waals surface area contributed by atoms with E-state index in [9.17, 15) is 57.8 Å². The van der Waals surface area contributed by atoms with Crippen molar-refractivity contribution in [3.05, 3.63) is 71.8 Å². The minimum Gasteiger partial charge on any atom is -0.394 e. The van der Waals surface area contributed by atoms with Crippen LogP contribution in [0.3, 0.4) is 0 Å². The van der Waals surface area contributed by atoms with Crippen LogP contribution >= 0.6 is 11.8 Å². The number of carbonyl (C=O) groups excluding carboxylic acids is 11. The third-order valence-electron chi connectivity index (χ3n) is 15.0. The van der Waals surface area contributed by atoms with Crippen LogP contribution in [0.2, 0.25) is 0 Å². The first-order valence-corrected chi connectivity index (χ1v) is 31.4. The monoisotopic (exact) mass is 1250 g/mol. The van der Waals surface area contributed by atoms with Gasteiger partial charge in [-0.25, -0.2) is 0 Å². The second-order valence-electron chi connectivity index (χ2n) is 22.5. The molecule has 2 aromatic rings. The first-order chi connectivity index (χ1) is 42.0. The lowest BCUT2D eigenvalue weighted by atomic mass is 10.0. The van der Waals surface area contributed by atoms with Crippen LogP contribution in [-0.2, 0) is 65.6 Å². The van der Waals surface area contributed by atoms with Crippen molar-refractivity contribution in [2.75, 3.05) is 51.3 Å². The molecule has 2 saturated heterocycles.